The summed E-state index contributed by atoms with van der Waals surface area (Å²) in [6.07, 6.45) is 0. The highest BCUT2D eigenvalue weighted by Crippen LogP contribution is 2.47. The average molecular weight is 840 g/mol. The van der Waals surface area contributed by atoms with Crippen LogP contribution < -0.4 is 4.90 Å². The Kier molecular flexibility index (Phi) is 8.89. The molecular formula is C64H41NO. The second kappa shape index (κ2) is 15.5. The van der Waals surface area contributed by atoms with Crippen molar-refractivity contribution in [3.05, 3.63) is 249 Å². The largest absolute Gasteiger partial charge is 0.455 e. The summed E-state index contributed by atoms with van der Waals surface area (Å²) in [6.45, 7) is 0. The molecule has 1 heterocycles. The standard InChI is InChI=1S/C64H41NO/c1-3-16-45(17-4-1)62-57-25-12-11-24-55(57)56-35-31-50(40-60(56)63(62)46-18-5-2-6-19-46)48-21-13-22-52(39-48)65(51-32-28-43(29-33-51)49-27-26-42-14-7-8-20-47(42)38-49)53-34-37-61-59(41-53)58-36-30-44-15-9-10-23-54(44)64(58)66-61/h1-41H. The van der Waals surface area contributed by atoms with Crippen LogP contribution in [0, 0.1) is 0 Å². The Labute approximate surface area is 382 Å². The van der Waals surface area contributed by atoms with Crippen molar-refractivity contribution in [3.63, 3.8) is 0 Å². The van der Waals surface area contributed by atoms with Crippen molar-refractivity contribution in [1.29, 1.82) is 0 Å². The predicted octanol–water partition coefficient (Wildman–Crippen LogP) is 18.3. The number of anilines is 3. The first-order valence-corrected chi connectivity index (χ1v) is 22.7. The van der Waals surface area contributed by atoms with E-state index in [1.165, 1.54) is 71.1 Å². The first-order valence-electron chi connectivity index (χ1n) is 22.7. The van der Waals surface area contributed by atoms with Crippen molar-refractivity contribution >= 4 is 82.1 Å². The molecule has 0 saturated carbocycles. The number of hydrogen-bond donors (Lipinski definition) is 0. The van der Waals surface area contributed by atoms with Gasteiger partial charge in [0.1, 0.15) is 11.2 Å². The second-order valence-electron chi connectivity index (χ2n) is 17.2. The molecule has 2 heteroatoms. The highest BCUT2D eigenvalue weighted by Gasteiger charge is 2.20. The maximum absolute atomic E-state index is 6.61. The lowest BCUT2D eigenvalue weighted by molar-refractivity contribution is 0.672. The maximum Gasteiger partial charge on any atom is 0.143 e. The summed E-state index contributed by atoms with van der Waals surface area (Å²) in [5.74, 6) is 0. The molecule has 0 aliphatic rings. The van der Waals surface area contributed by atoms with Gasteiger partial charge in [-0.15, -0.1) is 0 Å². The van der Waals surface area contributed by atoms with Crippen LogP contribution in [0.25, 0.3) is 110 Å². The van der Waals surface area contributed by atoms with E-state index in [0.717, 1.165) is 55.5 Å². The smallest absolute Gasteiger partial charge is 0.143 e. The molecule has 66 heavy (non-hydrogen) atoms. The number of furan rings is 1. The Morgan fingerprint density at radius 3 is 1.56 bits per heavy atom. The van der Waals surface area contributed by atoms with Crippen molar-refractivity contribution in [2.24, 2.45) is 0 Å². The summed E-state index contributed by atoms with van der Waals surface area (Å²) in [7, 11) is 0. The topological polar surface area (TPSA) is 16.4 Å². The van der Waals surface area contributed by atoms with E-state index in [2.05, 4.69) is 254 Å². The SMILES string of the molecule is c1ccc(-c2c(-c3ccccc3)c3cc(-c4cccc(N(c5ccc(-c6ccc7ccccc7c6)cc5)c5ccc6oc7c8ccccc8ccc7c6c5)c4)ccc3c3ccccc23)cc1. The van der Waals surface area contributed by atoms with Gasteiger partial charge in [-0.2, -0.15) is 0 Å². The lowest BCUT2D eigenvalue weighted by Crippen LogP contribution is -2.10. The Bertz CT molecular complexity index is 3980. The minimum atomic E-state index is 0.873. The Balaban J connectivity index is 0.991. The van der Waals surface area contributed by atoms with Gasteiger partial charge in [0.05, 0.1) is 0 Å². The van der Waals surface area contributed by atoms with Crippen LogP contribution >= 0.6 is 0 Å². The predicted molar refractivity (Wildman–Crippen MR) is 280 cm³/mol. The summed E-state index contributed by atoms with van der Waals surface area (Å²) in [5, 5.41) is 11.9. The molecule has 0 radical (unpaired) electrons. The fourth-order valence-corrected chi connectivity index (χ4v) is 10.3. The van der Waals surface area contributed by atoms with Gasteiger partial charge in [0.25, 0.3) is 0 Å². The molecule has 0 atom stereocenters. The van der Waals surface area contributed by atoms with Crippen LogP contribution in [0.2, 0.25) is 0 Å². The highest BCUT2D eigenvalue weighted by molar-refractivity contribution is 6.22. The summed E-state index contributed by atoms with van der Waals surface area (Å²) < 4.78 is 6.61. The second-order valence-corrected chi connectivity index (χ2v) is 17.2. The summed E-state index contributed by atoms with van der Waals surface area (Å²) >= 11 is 0. The first-order chi connectivity index (χ1) is 32.7. The molecule has 2 nitrogen and oxygen atoms in total. The summed E-state index contributed by atoms with van der Waals surface area (Å²) in [4.78, 5) is 2.38. The van der Waals surface area contributed by atoms with E-state index in [9.17, 15) is 0 Å². The minimum Gasteiger partial charge on any atom is -0.455 e. The number of benzene rings is 12. The third kappa shape index (κ3) is 6.34. The van der Waals surface area contributed by atoms with Gasteiger partial charge < -0.3 is 9.32 Å². The van der Waals surface area contributed by atoms with Crippen LogP contribution in [-0.2, 0) is 0 Å². The summed E-state index contributed by atoms with van der Waals surface area (Å²) in [6, 6.07) is 90.3. The molecule has 0 N–H and O–H groups in total. The van der Waals surface area contributed by atoms with E-state index in [-0.39, 0.29) is 0 Å². The van der Waals surface area contributed by atoms with E-state index in [1.807, 2.05) is 0 Å². The lowest BCUT2D eigenvalue weighted by atomic mass is 9.84. The minimum absolute atomic E-state index is 0.873. The fourth-order valence-electron chi connectivity index (χ4n) is 10.3. The zero-order chi connectivity index (χ0) is 43.6. The molecule has 0 saturated heterocycles. The number of rotatable bonds is 7. The number of fused-ring (bicyclic) bond motifs is 9. The molecule has 13 rings (SSSR count). The van der Waals surface area contributed by atoms with Gasteiger partial charge in [0.15, 0.2) is 0 Å². The Hall–Kier alpha value is -8.72. The quantitative estimate of drug-likeness (QED) is 0.149. The Morgan fingerprint density at radius 1 is 0.242 bits per heavy atom. The van der Waals surface area contributed by atoms with Crippen molar-refractivity contribution in [3.8, 4) is 44.5 Å². The van der Waals surface area contributed by atoms with E-state index in [4.69, 9.17) is 4.42 Å². The zero-order valence-corrected chi connectivity index (χ0v) is 36.0. The molecule has 12 aromatic carbocycles. The van der Waals surface area contributed by atoms with Crippen molar-refractivity contribution in [2.75, 3.05) is 4.90 Å². The van der Waals surface area contributed by atoms with Gasteiger partial charge in [-0.25, -0.2) is 0 Å². The van der Waals surface area contributed by atoms with Gasteiger partial charge in [-0.3, -0.25) is 0 Å². The van der Waals surface area contributed by atoms with Crippen LogP contribution in [0.3, 0.4) is 0 Å². The number of nitrogens with zero attached hydrogens (tertiary/aromatic N) is 1. The van der Waals surface area contributed by atoms with Gasteiger partial charge in [-0.05, 0) is 143 Å². The lowest BCUT2D eigenvalue weighted by Gasteiger charge is -2.26. The van der Waals surface area contributed by atoms with E-state index >= 15 is 0 Å². The molecule has 0 unspecified atom stereocenters. The molecule has 0 spiro atoms. The van der Waals surface area contributed by atoms with Crippen molar-refractivity contribution in [2.45, 2.75) is 0 Å². The molecular weight excluding hydrogens is 799 g/mol. The molecule has 13 aromatic rings. The molecule has 0 bridgehead atoms. The fraction of sp³-hybridized carbons (Fsp3) is 0. The van der Waals surface area contributed by atoms with Gasteiger partial charge in [0, 0.05) is 33.2 Å². The van der Waals surface area contributed by atoms with Crippen molar-refractivity contribution in [1.82, 2.24) is 0 Å². The molecule has 0 aliphatic carbocycles. The maximum atomic E-state index is 6.61. The number of hydrogen-bond acceptors (Lipinski definition) is 2. The highest BCUT2D eigenvalue weighted by atomic mass is 16.3. The van der Waals surface area contributed by atoms with Gasteiger partial charge >= 0.3 is 0 Å². The van der Waals surface area contributed by atoms with Crippen molar-refractivity contribution < 1.29 is 4.42 Å². The van der Waals surface area contributed by atoms with E-state index in [0.29, 0.717) is 0 Å². The molecule has 0 fully saturated rings. The molecule has 308 valence electrons. The third-order valence-electron chi connectivity index (χ3n) is 13.4. The van der Waals surface area contributed by atoms with Gasteiger partial charge in [0.2, 0.25) is 0 Å². The average Bonchev–Trinajstić information content (AvgIpc) is 3.77. The third-order valence-corrected chi connectivity index (χ3v) is 13.4. The van der Waals surface area contributed by atoms with Crippen LogP contribution in [0.15, 0.2) is 253 Å². The van der Waals surface area contributed by atoms with Crippen LogP contribution in [0.4, 0.5) is 17.1 Å². The van der Waals surface area contributed by atoms with E-state index < -0.39 is 0 Å². The van der Waals surface area contributed by atoms with E-state index in [1.54, 1.807) is 0 Å². The Morgan fingerprint density at radius 2 is 0.773 bits per heavy atom. The van der Waals surface area contributed by atoms with Crippen LogP contribution in [0.5, 0.6) is 0 Å². The molecule has 1 aromatic heterocycles. The van der Waals surface area contributed by atoms with Crippen LogP contribution in [0.1, 0.15) is 0 Å². The zero-order valence-electron chi connectivity index (χ0n) is 36.0. The normalized spacial score (nSPS) is 11.6. The monoisotopic (exact) mass is 839 g/mol. The van der Waals surface area contributed by atoms with Gasteiger partial charge in [-0.1, -0.05) is 188 Å². The molecule has 0 aliphatic heterocycles. The van der Waals surface area contributed by atoms with Crippen LogP contribution in [-0.4, -0.2) is 0 Å². The molecule has 0 amide bonds. The first kappa shape index (κ1) is 37.8. The summed E-state index contributed by atoms with van der Waals surface area (Å²) in [5.41, 5.74) is 14.6.